The number of sulfonamides is 1. The Labute approximate surface area is 322 Å². The molecule has 0 radical (unpaired) electrons. The van der Waals surface area contributed by atoms with Crippen molar-refractivity contribution in [2.45, 2.75) is 95.4 Å². The van der Waals surface area contributed by atoms with E-state index in [2.05, 4.69) is 14.7 Å². The van der Waals surface area contributed by atoms with Crippen LogP contribution in [-0.2, 0) is 45.3 Å². The molecule has 0 spiro atoms. The van der Waals surface area contributed by atoms with Crippen LogP contribution < -0.4 is 0 Å². The zero-order chi connectivity index (χ0) is 38.6. The van der Waals surface area contributed by atoms with Crippen molar-refractivity contribution in [2.24, 2.45) is 5.92 Å². The van der Waals surface area contributed by atoms with Crippen molar-refractivity contribution in [3.63, 3.8) is 0 Å². The lowest BCUT2D eigenvalue weighted by Gasteiger charge is -2.36. The van der Waals surface area contributed by atoms with Gasteiger partial charge in [-0.3, -0.25) is 14.3 Å². The first-order chi connectivity index (χ1) is 25.8. The molecule has 1 aromatic heterocycles. The highest BCUT2D eigenvalue weighted by molar-refractivity contribution is 7.99. The van der Waals surface area contributed by atoms with Gasteiger partial charge < -0.3 is 19.6 Å². The molecule has 300 valence electrons. The lowest BCUT2D eigenvalue weighted by molar-refractivity contribution is -0.140. The number of rotatable bonds is 14. The Hall–Kier alpha value is -2.66. The first-order valence-corrected chi connectivity index (χ1v) is 22.5. The fourth-order valence-electron chi connectivity index (χ4n) is 8.68. The lowest BCUT2D eigenvalue weighted by atomic mass is 9.96. The number of carbonyl (C=O) groups excluding carboxylic acids is 2. The van der Waals surface area contributed by atoms with E-state index in [-0.39, 0.29) is 29.2 Å². The number of hydrogen-bond acceptors (Lipinski definition) is 8. The maximum Gasteiger partial charge on any atom is 0.417 e. The predicted molar refractivity (Wildman–Crippen MR) is 204 cm³/mol. The number of amides is 2. The van der Waals surface area contributed by atoms with Gasteiger partial charge in [-0.05, 0) is 77.6 Å². The van der Waals surface area contributed by atoms with Crippen molar-refractivity contribution in [1.29, 1.82) is 0 Å². The summed E-state index contributed by atoms with van der Waals surface area (Å²) in [7, 11) is -3.49. The molecular weight excluding hydrogens is 740 g/mol. The van der Waals surface area contributed by atoms with Crippen LogP contribution in [0.5, 0.6) is 0 Å². The summed E-state index contributed by atoms with van der Waals surface area (Å²) in [6.07, 6.45) is 3.19. The van der Waals surface area contributed by atoms with Crippen LogP contribution in [0.15, 0.2) is 23.1 Å². The van der Waals surface area contributed by atoms with Gasteiger partial charge in [0.15, 0.2) is 0 Å². The van der Waals surface area contributed by atoms with Gasteiger partial charge in [0.2, 0.25) is 21.8 Å². The fourth-order valence-corrected chi connectivity index (χ4v) is 10.6. The molecule has 0 saturated carbocycles. The minimum atomic E-state index is -4.54. The molecule has 3 fully saturated rings. The number of likely N-dealkylation sites (tertiary alicyclic amines) is 3. The van der Waals surface area contributed by atoms with Crippen molar-refractivity contribution in [3.05, 3.63) is 35.0 Å². The van der Waals surface area contributed by atoms with Gasteiger partial charge in [-0.1, -0.05) is 6.07 Å². The maximum atomic E-state index is 14.3. The molecule has 11 nitrogen and oxygen atoms in total. The van der Waals surface area contributed by atoms with Gasteiger partial charge in [0.25, 0.3) is 0 Å². The van der Waals surface area contributed by atoms with Gasteiger partial charge in [0.05, 0.1) is 23.4 Å². The highest BCUT2D eigenvalue weighted by Gasteiger charge is 2.36. The van der Waals surface area contributed by atoms with E-state index >= 15 is 0 Å². The van der Waals surface area contributed by atoms with Crippen LogP contribution in [0.1, 0.15) is 75.6 Å². The third kappa shape index (κ3) is 9.64. The fraction of sp³-hybridized carbons (Fsp3) is 0.711. The Morgan fingerprint density at radius 2 is 1.72 bits per heavy atom. The predicted octanol–water partition coefficient (Wildman–Crippen LogP) is 5.04. The smallest absolute Gasteiger partial charge is 0.343 e. The molecule has 1 unspecified atom stereocenters. The summed E-state index contributed by atoms with van der Waals surface area (Å²) in [6.45, 7) is 11.9. The van der Waals surface area contributed by atoms with E-state index in [1.54, 1.807) is 6.07 Å². The van der Waals surface area contributed by atoms with E-state index in [9.17, 15) is 31.2 Å². The molecule has 54 heavy (non-hydrogen) atoms. The summed E-state index contributed by atoms with van der Waals surface area (Å²) < 4.78 is 71.6. The van der Waals surface area contributed by atoms with Crippen molar-refractivity contribution in [3.8, 4) is 11.3 Å². The molecule has 5 heterocycles. The van der Waals surface area contributed by atoms with Gasteiger partial charge in [-0.15, -0.1) is 11.8 Å². The molecule has 4 aliphatic heterocycles. The number of nitrogens with zero attached hydrogens (tertiary/aromatic N) is 7. The first kappa shape index (κ1) is 41.0. The van der Waals surface area contributed by atoms with Crippen molar-refractivity contribution in [1.82, 2.24) is 33.7 Å². The number of fused-ring (bicyclic) bond motifs is 1. The molecule has 1 aromatic carbocycles. The van der Waals surface area contributed by atoms with Crippen LogP contribution >= 0.6 is 11.8 Å². The van der Waals surface area contributed by atoms with Gasteiger partial charge in [-0.25, -0.2) is 8.42 Å². The Bertz CT molecular complexity index is 1740. The molecule has 6 rings (SSSR count). The van der Waals surface area contributed by atoms with Crippen molar-refractivity contribution in [2.75, 3.05) is 77.5 Å². The van der Waals surface area contributed by atoms with Crippen LogP contribution in [0.25, 0.3) is 11.3 Å². The van der Waals surface area contributed by atoms with E-state index in [4.69, 9.17) is 5.10 Å². The molecule has 2 amide bonds. The largest absolute Gasteiger partial charge is 0.417 e. The minimum absolute atomic E-state index is 0.0931. The molecule has 0 aliphatic carbocycles. The summed E-state index contributed by atoms with van der Waals surface area (Å²) >= 11 is 1.16. The van der Waals surface area contributed by atoms with Gasteiger partial charge in [0.1, 0.15) is 0 Å². The average molecular weight is 796 g/mol. The second-order valence-corrected chi connectivity index (χ2v) is 18.3. The van der Waals surface area contributed by atoms with Crippen molar-refractivity contribution < 1.29 is 31.2 Å². The Balaban J connectivity index is 1.16. The average Bonchev–Trinajstić information content (AvgIpc) is 3.74. The molecule has 16 heteroatoms. The first-order valence-electron chi connectivity index (χ1n) is 19.7. The van der Waals surface area contributed by atoms with E-state index in [0.717, 1.165) is 100 Å². The second-order valence-electron chi connectivity index (χ2n) is 15.2. The maximum absolute atomic E-state index is 14.3. The van der Waals surface area contributed by atoms with E-state index in [1.807, 2.05) is 23.4 Å². The normalized spacial score (nSPS) is 21.2. The summed E-state index contributed by atoms with van der Waals surface area (Å²) in [4.78, 5) is 33.9. The topological polar surface area (TPSA) is 102 Å². The Kier molecular flexibility index (Phi) is 13.4. The lowest BCUT2D eigenvalue weighted by Crippen LogP contribution is -2.45. The summed E-state index contributed by atoms with van der Waals surface area (Å²) in [5, 5.41) is 4.97. The van der Waals surface area contributed by atoms with Crippen LogP contribution in [0.3, 0.4) is 0 Å². The summed E-state index contributed by atoms with van der Waals surface area (Å²) in [5.41, 5.74) is 2.05. The SMILES string of the molecule is CCN(CC)C(=O)C1CCCN(CCSc2cc(-c3nn(CCCN4CCC(N5CCCC5=O)CC4)c4c3CN(S(C)(=O)=O)CC4)ccc2C(F)(F)F)C1. The second kappa shape index (κ2) is 17.6. The monoisotopic (exact) mass is 795 g/mol. The quantitative estimate of drug-likeness (QED) is 0.246. The molecular formula is C38H56F3N7O4S2. The standard InChI is InChI=1S/C38H56F3N7O4S2/c1-4-45(5-2)37(50)29-9-6-16-44(26-29)23-24-53-34-25-28(11-12-32(34)38(39,40)41)36-31-27-46(54(3,51)52)22-15-33(31)48(42-36)19-8-17-43-20-13-30(14-21-43)47-18-7-10-35(47)49/h11-12,25,29-30H,4-10,13-24,26-27H2,1-3H3. The van der Waals surface area contributed by atoms with Crippen LogP contribution in [0.4, 0.5) is 13.2 Å². The van der Waals surface area contributed by atoms with E-state index in [1.165, 1.54) is 16.6 Å². The van der Waals surface area contributed by atoms with Gasteiger partial charge >= 0.3 is 6.18 Å². The Morgan fingerprint density at radius 1 is 0.963 bits per heavy atom. The van der Waals surface area contributed by atoms with Gasteiger partial charge in [-0.2, -0.15) is 22.6 Å². The molecule has 2 aromatic rings. The summed E-state index contributed by atoms with van der Waals surface area (Å²) in [5.74, 6) is 0.762. The molecule has 3 saturated heterocycles. The third-order valence-electron chi connectivity index (χ3n) is 11.7. The van der Waals surface area contributed by atoms with Crippen LogP contribution in [0, 0.1) is 5.92 Å². The van der Waals surface area contributed by atoms with E-state index in [0.29, 0.717) is 75.2 Å². The zero-order valence-corrected chi connectivity index (χ0v) is 33.6. The number of thioether (sulfide) groups is 1. The number of halogens is 3. The van der Waals surface area contributed by atoms with Crippen LogP contribution in [-0.4, -0.2) is 137 Å². The number of piperidine rings is 2. The zero-order valence-electron chi connectivity index (χ0n) is 31.9. The Morgan fingerprint density at radius 3 is 2.39 bits per heavy atom. The summed E-state index contributed by atoms with van der Waals surface area (Å²) in [6, 6.07) is 4.48. The number of hydrogen-bond donors (Lipinski definition) is 0. The number of aryl methyl sites for hydroxylation is 1. The number of alkyl halides is 3. The number of carbonyl (C=O) groups is 2. The molecule has 0 bridgehead atoms. The van der Waals surface area contributed by atoms with E-state index < -0.39 is 21.8 Å². The highest BCUT2D eigenvalue weighted by Crippen LogP contribution is 2.40. The third-order valence-corrected chi connectivity index (χ3v) is 14.0. The minimum Gasteiger partial charge on any atom is -0.343 e. The number of benzene rings is 1. The van der Waals surface area contributed by atoms with Crippen molar-refractivity contribution >= 4 is 33.6 Å². The highest BCUT2D eigenvalue weighted by atomic mass is 32.2. The molecule has 4 aliphatic rings. The number of aromatic nitrogens is 2. The molecule has 0 N–H and O–H groups in total. The molecule has 1 atom stereocenters. The van der Waals surface area contributed by atoms with Gasteiger partial charge in [0, 0.05) is 112 Å². The van der Waals surface area contributed by atoms with Crippen LogP contribution in [0.2, 0.25) is 0 Å².